The molecule has 5 unspecified atom stereocenters. The van der Waals surface area contributed by atoms with E-state index in [4.69, 9.17) is 0 Å². The van der Waals surface area contributed by atoms with Crippen LogP contribution in [0.4, 0.5) is 4.39 Å². The Hall–Kier alpha value is -0.960. The molecule has 104 valence electrons. The molecule has 3 heteroatoms. The first kappa shape index (κ1) is 13.0. The van der Waals surface area contributed by atoms with Gasteiger partial charge in [0.2, 0.25) is 0 Å². The molecule has 0 spiro atoms. The van der Waals surface area contributed by atoms with Crippen molar-refractivity contribution < 1.29 is 4.39 Å². The predicted molar refractivity (Wildman–Crippen MR) is 74.1 cm³/mol. The molecule has 3 rings (SSSR count). The zero-order valence-corrected chi connectivity index (χ0v) is 11.8. The fraction of sp³-hybridized carbons (Fsp3) is 0.688. The van der Waals surface area contributed by atoms with Gasteiger partial charge in [-0.2, -0.15) is 0 Å². The van der Waals surface area contributed by atoms with Crippen LogP contribution in [0.1, 0.15) is 51.1 Å². The lowest BCUT2D eigenvalue weighted by Gasteiger charge is -2.31. The Morgan fingerprint density at radius 1 is 1.26 bits per heavy atom. The van der Waals surface area contributed by atoms with Gasteiger partial charge in [-0.15, -0.1) is 0 Å². The number of halogens is 1. The van der Waals surface area contributed by atoms with Gasteiger partial charge in [-0.05, 0) is 62.5 Å². The predicted octanol–water partition coefficient (Wildman–Crippen LogP) is 3.70. The molecule has 0 aromatic carbocycles. The topological polar surface area (TPSA) is 24.9 Å². The SMILES string of the molecule is CC(NC(C)C1CC2CCC1C2)c1cncc(F)c1. The van der Waals surface area contributed by atoms with Crippen LogP contribution in [0.5, 0.6) is 0 Å². The highest BCUT2D eigenvalue weighted by atomic mass is 19.1. The molecule has 2 saturated carbocycles. The summed E-state index contributed by atoms with van der Waals surface area (Å²) in [5.74, 6) is 2.46. The van der Waals surface area contributed by atoms with Crippen molar-refractivity contribution in [3.8, 4) is 0 Å². The molecule has 1 N–H and O–H groups in total. The number of hydrogen-bond donors (Lipinski definition) is 1. The van der Waals surface area contributed by atoms with E-state index < -0.39 is 0 Å². The van der Waals surface area contributed by atoms with Gasteiger partial charge in [0.05, 0.1) is 6.20 Å². The fourth-order valence-corrected chi connectivity index (χ4v) is 4.19. The second-order valence-electron chi connectivity index (χ2n) is 6.45. The summed E-state index contributed by atoms with van der Waals surface area (Å²) in [4.78, 5) is 3.93. The Morgan fingerprint density at radius 3 is 2.74 bits per heavy atom. The summed E-state index contributed by atoms with van der Waals surface area (Å²) in [5.41, 5.74) is 0.940. The fourth-order valence-electron chi connectivity index (χ4n) is 4.19. The van der Waals surface area contributed by atoms with Gasteiger partial charge in [0.15, 0.2) is 0 Å². The molecule has 1 aromatic heterocycles. The summed E-state index contributed by atoms with van der Waals surface area (Å²) >= 11 is 0. The van der Waals surface area contributed by atoms with Crippen LogP contribution in [-0.4, -0.2) is 11.0 Å². The minimum Gasteiger partial charge on any atom is -0.307 e. The molecule has 0 amide bonds. The molecular weight excluding hydrogens is 239 g/mol. The van der Waals surface area contributed by atoms with Crippen molar-refractivity contribution >= 4 is 0 Å². The lowest BCUT2D eigenvalue weighted by molar-refractivity contribution is 0.248. The van der Waals surface area contributed by atoms with Crippen LogP contribution in [0.25, 0.3) is 0 Å². The van der Waals surface area contributed by atoms with Crippen molar-refractivity contribution in [3.63, 3.8) is 0 Å². The van der Waals surface area contributed by atoms with E-state index in [0.29, 0.717) is 6.04 Å². The van der Waals surface area contributed by atoms with Gasteiger partial charge in [-0.25, -0.2) is 4.39 Å². The van der Waals surface area contributed by atoms with Crippen molar-refractivity contribution in [1.29, 1.82) is 0 Å². The second kappa shape index (κ2) is 5.20. The van der Waals surface area contributed by atoms with E-state index in [0.717, 1.165) is 23.3 Å². The van der Waals surface area contributed by atoms with E-state index in [9.17, 15) is 4.39 Å². The molecule has 1 aromatic rings. The molecule has 0 radical (unpaired) electrons. The Kier molecular flexibility index (Phi) is 3.57. The molecule has 1 heterocycles. The Morgan fingerprint density at radius 2 is 2.11 bits per heavy atom. The quantitative estimate of drug-likeness (QED) is 0.895. The van der Waals surface area contributed by atoms with Crippen LogP contribution in [0, 0.1) is 23.6 Å². The van der Waals surface area contributed by atoms with Gasteiger partial charge >= 0.3 is 0 Å². The van der Waals surface area contributed by atoms with Gasteiger partial charge in [0.25, 0.3) is 0 Å². The molecular formula is C16H23FN2. The zero-order chi connectivity index (χ0) is 13.4. The third-order valence-electron chi connectivity index (χ3n) is 5.17. The van der Waals surface area contributed by atoms with Crippen LogP contribution in [0.15, 0.2) is 18.5 Å². The van der Waals surface area contributed by atoms with Crippen LogP contribution >= 0.6 is 0 Å². The lowest BCUT2D eigenvalue weighted by atomic mass is 9.83. The molecule has 2 nitrogen and oxygen atoms in total. The number of nitrogens with one attached hydrogen (secondary N) is 1. The van der Waals surface area contributed by atoms with Gasteiger partial charge < -0.3 is 5.32 Å². The van der Waals surface area contributed by atoms with E-state index >= 15 is 0 Å². The summed E-state index contributed by atoms with van der Waals surface area (Å²) in [6.07, 6.45) is 8.69. The summed E-state index contributed by atoms with van der Waals surface area (Å²) in [5, 5.41) is 3.64. The number of rotatable bonds is 4. The Balaban J connectivity index is 1.61. The maximum absolute atomic E-state index is 13.2. The lowest BCUT2D eigenvalue weighted by Crippen LogP contribution is -2.37. The highest BCUT2D eigenvalue weighted by molar-refractivity contribution is 5.14. The second-order valence-corrected chi connectivity index (χ2v) is 6.45. The standard InChI is InChI=1S/C16H23FN2/c1-10(14-7-15(17)9-18-8-14)19-11(2)16-6-12-3-4-13(16)5-12/h7-13,16,19H,3-6H2,1-2H3. The molecule has 2 aliphatic rings. The molecule has 5 atom stereocenters. The first-order valence-corrected chi connectivity index (χ1v) is 7.50. The molecule has 0 saturated heterocycles. The first-order chi connectivity index (χ1) is 9.13. The zero-order valence-electron chi connectivity index (χ0n) is 11.8. The maximum atomic E-state index is 13.2. The molecule has 0 aliphatic heterocycles. The maximum Gasteiger partial charge on any atom is 0.141 e. The largest absolute Gasteiger partial charge is 0.307 e. The minimum absolute atomic E-state index is 0.164. The van der Waals surface area contributed by atoms with Crippen molar-refractivity contribution in [2.75, 3.05) is 0 Å². The third-order valence-corrected chi connectivity index (χ3v) is 5.17. The Labute approximate surface area is 114 Å². The Bertz CT molecular complexity index is 448. The van der Waals surface area contributed by atoms with E-state index in [1.807, 2.05) is 0 Å². The minimum atomic E-state index is -0.251. The first-order valence-electron chi connectivity index (χ1n) is 7.50. The number of hydrogen-bond acceptors (Lipinski definition) is 2. The monoisotopic (exact) mass is 262 g/mol. The summed E-state index contributed by atoms with van der Waals surface area (Å²) in [6, 6.07) is 2.25. The van der Waals surface area contributed by atoms with Crippen LogP contribution < -0.4 is 5.32 Å². The third kappa shape index (κ3) is 2.66. The smallest absolute Gasteiger partial charge is 0.141 e. The molecule has 2 fully saturated rings. The van der Waals surface area contributed by atoms with Crippen molar-refractivity contribution in [2.45, 2.75) is 51.6 Å². The van der Waals surface area contributed by atoms with Gasteiger partial charge in [0.1, 0.15) is 5.82 Å². The summed E-state index contributed by atoms with van der Waals surface area (Å²) in [6.45, 7) is 4.38. The van der Waals surface area contributed by atoms with Crippen molar-refractivity contribution in [3.05, 3.63) is 29.8 Å². The number of pyridine rings is 1. The van der Waals surface area contributed by atoms with Crippen LogP contribution in [0.2, 0.25) is 0 Å². The van der Waals surface area contributed by atoms with Crippen molar-refractivity contribution in [1.82, 2.24) is 10.3 Å². The molecule has 2 aliphatic carbocycles. The normalized spacial score (nSPS) is 32.5. The van der Waals surface area contributed by atoms with Crippen LogP contribution in [0.3, 0.4) is 0 Å². The van der Waals surface area contributed by atoms with Crippen molar-refractivity contribution in [2.24, 2.45) is 17.8 Å². The summed E-state index contributed by atoms with van der Waals surface area (Å²) < 4.78 is 13.2. The number of fused-ring (bicyclic) bond motifs is 2. The van der Waals surface area contributed by atoms with E-state index in [2.05, 4.69) is 24.1 Å². The molecule has 19 heavy (non-hydrogen) atoms. The van der Waals surface area contributed by atoms with Gasteiger partial charge in [0, 0.05) is 18.3 Å². The number of nitrogens with zero attached hydrogens (tertiary/aromatic N) is 1. The van der Waals surface area contributed by atoms with Gasteiger partial charge in [-0.1, -0.05) is 6.42 Å². The highest BCUT2D eigenvalue weighted by Gasteiger charge is 2.41. The molecule has 2 bridgehead atoms. The van der Waals surface area contributed by atoms with Gasteiger partial charge in [-0.3, -0.25) is 4.98 Å². The average molecular weight is 262 g/mol. The van der Waals surface area contributed by atoms with E-state index in [1.54, 1.807) is 12.3 Å². The van der Waals surface area contributed by atoms with E-state index in [1.165, 1.54) is 31.9 Å². The van der Waals surface area contributed by atoms with E-state index in [-0.39, 0.29) is 11.9 Å². The summed E-state index contributed by atoms with van der Waals surface area (Å²) in [7, 11) is 0. The highest BCUT2D eigenvalue weighted by Crippen LogP contribution is 2.49. The van der Waals surface area contributed by atoms with Crippen LogP contribution in [-0.2, 0) is 0 Å². The number of aromatic nitrogens is 1. The average Bonchev–Trinajstić information content (AvgIpc) is 3.00.